The summed E-state index contributed by atoms with van der Waals surface area (Å²) in [5, 5.41) is 12.2. The molecule has 0 saturated heterocycles. The van der Waals surface area contributed by atoms with Crippen LogP contribution in [0.5, 0.6) is 5.75 Å². The van der Waals surface area contributed by atoms with E-state index in [0.717, 1.165) is 18.4 Å². The highest BCUT2D eigenvalue weighted by molar-refractivity contribution is 6.00. The molecule has 1 aromatic rings. The Kier molecular flexibility index (Phi) is 8.07. The number of phenolic OH excluding ortho intramolecular Hbond substituents is 1. The first-order valence-electron chi connectivity index (χ1n) is 6.13. The first-order chi connectivity index (χ1) is 8.20. The number of hydrogen-bond donors (Lipinski definition) is 2. The fourth-order valence-electron chi connectivity index (χ4n) is 1.68. The molecule has 0 heterocycles. The molecule has 0 saturated carbocycles. The van der Waals surface area contributed by atoms with E-state index in [1.54, 1.807) is 12.1 Å². The van der Waals surface area contributed by atoms with Gasteiger partial charge in [-0.15, -0.1) is 0 Å². The fraction of sp³-hybridized carbons (Fsp3) is 0.500. The molecule has 0 aliphatic heterocycles. The Morgan fingerprint density at radius 1 is 1.18 bits per heavy atom. The molecule has 0 aromatic heterocycles. The molecule has 0 bridgehead atoms. The maximum atomic E-state index is 11.3. The number of fused-ring (bicyclic) bond motifs is 1. The third-order valence-electron chi connectivity index (χ3n) is 2.26. The van der Waals surface area contributed by atoms with Crippen molar-refractivity contribution in [2.24, 2.45) is 0 Å². The van der Waals surface area contributed by atoms with Crippen molar-refractivity contribution >= 4 is 5.78 Å². The van der Waals surface area contributed by atoms with Gasteiger partial charge in [0.1, 0.15) is 5.75 Å². The number of aromatic hydroxyl groups is 1. The Balaban J connectivity index is 0.000000450. The van der Waals surface area contributed by atoms with Gasteiger partial charge in [-0.1, -0.05) is 26.0 Å². The summed E-state index contributed by atoms with van der Waals surface area (Å²) >= 11 is 0. The Bertz CT molecular complexity index is 348. The minimum atomic E-state index is 0.0781. The van der Waals surface area contributed by atoms with Gasteiger partial charge in [-0.25, -0.2) is 0 Å². The number of carbonyl (C=O) groups is 1. The number of benzene rings is 1. The van der Waals surface area contributed by atoms with Crippen molar-refractivity contribution in [1.29, 1.82) is 0 Å². The summed E-state index contributed by atoms with van der Waals surface area (Å²) in [7, 11) is 3.75. The lowest BCUT2D eigenvalue weighted by Gasteiger charge is -2.14. The number of phenols is 1. The van der Waals surface area contributed by atoms with E-state index in [9.17, 15) is 9.90 Å². The lowest BCUT2D eigenvalue weighted by atomic mass is 9.90. The molecule has 2 rings (SSSR count). The molecule has 0 spiro atoms. The molecule has 1 aromatic carbocycles. The number of rotatable bonds is 0. The Labute approximate surface area is 104 Å². The Morgan fingerprint density at radius 2 is 1.76 bits per heavy atom. The van der Waals surface area contributed by atoms with Crippen molar-refractivity contribution in [3.05, 3.63) is 29.3 Å². The molecule has 0 radical (unpaired) electrons. The van der Waals surface area contributed by atoms with E-state index in [1.807, 2.05) is 34.0 Å². The summed E-state index contributed by atoms with van der Waals surface area (Å²) in [6.07, 6.45) is 2.40. The summed E-state index contributed by atoms with van der Waals surface area (Å²) in [4.78, 5) is 11.3. The topological polar surface area (TPSA) is 49.3 Å². The molecule has 0 fully saturated rings. The lowest BCUT2D eigenvalue weighted by molar-refractivity contribution is 0.0969. The Morgan fingerprint density at radius 3 is 2.29 bits per heavy atom. The van der Waals surface area contributed by atoms with Crippen molar-refractivity contribution in [1.82, 2.24) is 5.32 Å². The second-order valence-electron chi connectivity index (χ2n) is 3.59. The first-order valence-corrected chi connectivity index (χ1v) is 6.13. The quantitative estimate of drug-likeness (QED) is 0.729. The smallest absolute Gasteiger partial charge is 0.166 e. The highest BCUT2D eigenvalue weighted by atomic mass is 16.3. The lowest BCUT2D eigenvalue weighted by Crippen LogP contribution is -2.10. The fourth-order valence-corrected chi connectivity index (χ4v) is 1.68. The van der Waals surface area contributed by atoms with Gasteiger partial charge in [-0.2, -0.15) is 0 Å². The van der Waals surface area contributed by atoms with Crippen LogP contribution in [-0.4, -0.2) is 25.0 Å². The van der Waals surface area contributed by atoms with Gasteiger partial charge in [0.2, 0.25) is 0 Å². The molecule has 0 atom stereocenters. The maximum Gasteiger partial charge on any atom is 0.166 e. The van der Waals surface area contributed by atoms with E-state index in [2.05, 4.69) is 5.32 Å². The molecule has 2 N–H and O–H groups in total. The van der Waals surface area contributed by atoms with Crippen molar-refractivity contribution in [3.63, 3.8) is 0 Å². The summed E-state index contributed by atoms with van der Waals surface area (Å²) in [6.45, 7) is 4.00. The summed E-state index contributed by atoms with van der Waals surface area (Å²) in [5.74, 6) is 0.214. The normalized spacial score (nSPS) is 12.6. The van der Waals surface area contributed by atoms with E-state index in [-0.39, 0.29) is 11.5 Å². The van der Waals surface area contributed by atoms with Crippen LogP contribution in [0.15, 0.2) is 18.2 Å². The largest absolute Gasteiger partial charge is 0.507 e. The molecule has 1 aliphatic rings. The SMILES string of the molecule is CC.CNC.O=C1CCCc2cccc(O)c21. The standard InChI is InChI=1S/C10H10O2.C2H7N.C2H6/c11-8-5-1-3-7-4-2-6-9(12)10(7)8;1-3-2;1-2/h1,3,5,11H,2,4,6H2;3H,1-2H3;1-2H3. The highest BCUT2D eigenvalue weighted by Gasteiger charge is 2.19. The number of hydrogen-bond acceptors (Lipinski definition) is 3. The molecule has 0 unspecified atom stereocenters. The third kappa shape index (κ3) is 4.57. The number of nitrogens with one attached hydrogen (secondary N) is 1. The first kappa shape index (κ1) is 15.7. The van der Waals surface area contributed by atoms with Gasteiger partial charge in [-0.3, -0.25) is 4.79 Å². The zero-order valence-corrected chi connectivity index (χ0v) is 11.2. The predicted molar refractivity (Wildman–Crippen MR) is 71.7 cm³/mol. The van der Waals surface area contributed by atoms with Crippen LogP contribution in [0.1, 0.15) is 42.6 Å². The van der Waals surface area contributed by atoms with Crippen LogP contribution in [0.4, 0.5) is 0 Å². The van der Waals surface area contributed by atoms with Gasteiger partial charge < -0.3 is 10.4 Å². The summed E-state index contributed by atoms with van der Waals surface area (Å²) in [6, 6.07) is 5.26. The van der Waals surface area contributed by atoms with Crippen molar-refractivity contribution in [2.45, 2.75) is 33.1 Å². The van der Waals surface area contributed by atoms with Crippen molar-refractivity contribution < 1.29 is 9.90 Å². The van der Waals surface area contributed by atoms with Gasteiger partial charge in [0.25, 0.3) is 0 Å². The average Bonchev–Trinajstić information content (AvgIpc) is 2.33. The number of ketones is 1. The van der Waals surface area contributed by atoms with Crippen LogP contribution in [0, 0.1) is 0 Å². The van der Waals surface area contributed by atoms with Crippen LogP contribution in [-0.2, 0) is 6.42 Å². The molecule has 1 aliphatic carbocycles. The van der Waals surface area contributed by atoms with E-state index in [1.165, 1.54) is 0 Å². The van der Waals surface area contributed by atoms with Gasteiger partial charge >= 0.3 is 0 Å². The molecule has 3 heteroatoms. The molecule has 17 heavy (non-hydrogen) atoms. The zero-order chi connectivity index (χ0) is 13.3. The third-order valence-corrected chi connectivity index (χ3v) is 2.26. The van der Waals surface area contributed by atoms with Gasteiger partial charge in [0, 0.05) is 6.42 Å². The second-order valence-corrected chi connectivity index (χ2v) is 3.59. The molecule has 96 valence electrons. The van der Waals surface area contributed by atoms with Crippen LogP contribution >= 0.6 is 0 Å². The minimum absolute atomic E-state index is 0.0781. The van der Waals surface area contributed by atoms with E-state index in [4.69, 9.17) is 0 Å². The number of carbonyl (C=O) groups excluding carboxylic acids is 1. The molecule has 0 amide bonds. The minimum Gasteiger partial charge on any atom is -0.507 e. The number of aryl methyl sites for hydroxylation is 1. The van der Waals surface area contributed by atoms with Gasteiger partial charge in [-0.05, 0) is 38.6 Å². The van der Waals surface area contributed by atoms with E-state index >= 15 is 0 Å². The monoisotopic (exact) mass is 237 g/mol. The van der Waals surface area contributed by atoms with E-state index < -0.39 is 0 Å². The second kappa shape index (κ2) is 8.76. The van der Waals surface area contributed by atoms with Gasteiger partial charge in [0.05, 0.1) is 5.56 Å². The molecular formula is C14H23NO2. The Hall–Kier alpha value is -1.35. The van der Waals surface area contributed by atoms with Crippen LogP contribution in [0.25, 0.3) is 0 Å². The highest BCUT2D eigenvalue weighted by Crippen LogP contribution is 2.28. The van der Waals surface area contributed by atoms with Crippen LogP contribution < -0.4 is 5.32 Å². The number of Topliss-reactive ketones (excluding diaryl/α,β-unsaturated/α-hetero) is 1. The van der Waals surface area contributed by atoms with Gasteiger partial charge in [0.15, 0.2) is 5.78 Å². The summed E-state index contributed by atoms with van der Waals surface area (Å²) < 4.78 is 0. The predicted octanol–water partition coefficient (Wildman–Crippen LogP) is 2.77. The van der Waals surface area contributed by atoms with Crippen molar-refractivity contribution in [2.75, 3.05) is 14.1 Å². The van der Waals surface area contributed by atoms with Crippen molar-refractivity contribution in [3.8, 4) is 5.75 Å². The summed E-state index contributed by atoms with van der Waals surface area (Å²) in [5.41, 5.74) is 1.54. The maximum absolute atomic E-state index is 11.3. The van der Waals surface area contributed by atoms with Crippen LogP contribution in [0.3, 0.4) is 0 Å². The molecular weight excluding hydrogens is 214 g/mol. The molecule has 3 nitrogen and oxygen atoms in total. The average molecular weight is 237 g/mol. The van der Waals surface area contributed by atoms with Crippen LogP contribution in [0.2, 0.25) is 0 Å². The van der Waals surface area contributed by atoms with E-state index in [0.29, 0.717) is 12.0 Å². The zero-order valence-electron chi connectivity index (χ0n) is 11.2.